The standard InChI is InChI=1S/C17H28N2O3S/c1-13(18-11-15-6-5-9-23-15)10-14-12-21-8-7-19(14)16(20)22-17(2,3)4/h5-6,9,13-14,18H,7-8,10-12H2,1-4H3. The zero-order valence-corrected chi connectivity index (χ0v) is 15.3. The molecule has 0 aromatic carbocycles. The first-order valence-corrected chi connectivity index (χ1v) is 9.06. The fraction of sp³-hybridized carbons (Fsp3) is 0.706. The summed E-state index contributed by atoms with van der Waals surface area (Å²) in [5.41, 5.74) is -0.469. The second kappa shape index (κ2) is 8.13. The number of rotatable bonds is 5. The van der Waals surface area contributed by atoms with Crippen LogP contribution in [0.25, 0.3) is 0 Å². The molecule has 0 spiro atoms. The summed E-state index contributed by atoms with van der Waals surface area (Å²) in [7, 11) is 0. The summed E-state index contributed by atoms with van der Waals surface area (Å²) >= 11 is 1.75. The van der Waals surface area contributed by atoms with Crippen molar-refractivity contribution in [1.29, 1.82) is 0 Å². The number of ether oxygens (including phenoxy) is 2. The van der Waals surface area contributed by atoms with Crippen molar-refractivity contribution >= 4 is 17.4 Å². The van der Waals surface area contributed by atoms with E-state index in [0.717, 1.165) is 13.0 Å². The van der Waals surface area contributed by atoms with Gasteiger partial charge in [0.1, 0.15) is 5.60 Å². The third-order valence-electron chi connectivity index (χ3n) is 3.69. The van der Waals surface area contributed by atoms with Crippen LogP contribution in [0, 0.1) is 0 Å². The van der Waals surface area contributed by atoms with Gasteiger partial charge in [-0.15, -0.1) is 11.3 Å². The van der Waals surface area contributed by atoms with Crippen LogP contribution in [0.3, 0.4) is 0 Å². The van der Waals surface area contributed by atoms with E-state index in [2.05, 4.69) is 29.8 Å². The van der Waals surface area contributed by atoms with E-state index in [9.17, 15) is 4.79 Å². The van der Waals surface area contributed by atoms with Gasteiger partial charge in [-0.3, -0.25) is 0 Å². The Labute approximate surface area is 143 Å². The topological polar surface area (TPSA) is 50.8 Å². The lowest BCUT2D eigenvalue weighted by molar-refractivity contribution is -0.0356. The van der Waals surface area contributed by atoms with E-state index in [1.165, 1.54) is 4.88 Å². The number of hydrogen-bond donors (Lipinski definition) is 1. The lowest BCUT2D eigenvalue weighted by atomic mass is 10.1. The molecule has 1 amide bonds. The summed E-state index contributed by atoms with van der Waals surface area (Å²) in [6.07, 6.45) is 0.612. The van der Waals surface area contributed by atoms with Gasteiger partial charge < -0.3 is 19.7 Å². The fourth-order valence-electron chi connectivity index (χ4n) is 2.59. The molecule has 0 bridgehead atoms. The van der Waals surface area contributed by atoms with Crippen molar-refractivity contribution in [2.24, 2.45) is 0 Å². The number of nitrogens with one attached hydrogen (secondary N) is 1. The zero-order chi connectivity index (χ0) is 16.9. The van der Waals surface area contributed by atoms with Crippen molar-refractivity contribution in [1.82, 2.24) is 10.2 Å². The Balaban J connectivity index is 1.86. The van der Waals surface area contributed by atoms with Crippen LogP contribution in [0.4, 0.5) is 4.79 Å². The minimum atomic E-state index is -0.469. The maximum Gasteiger partial charge on any atom is 0.410 e. The Morgan fingerprint density at radius 1 is 1.57 bits per heavy atom. The Morgan fingerprint density at radius 2 is 2.35 bits per heavy atom. The van der Waals surface area contributed by atoms with Crippen LogP contribution in [-0.2, 0) is 16.0 Å². The molecule has 1 aliphatic heterocycles. The molecule has 1 saturated heterocycles. The van der Waals surface area contributed by atoms with Crippen molar-refractivity contribution < 1.29 is 14.3 Å². The Kier molecular flexibility index (Phi) is 6.44. The molecule has 130 valence electrons. The second-order valence-electron chi connectivity index (χ2n) is 7.00. The van der Waals surface area contributed by atoms with Gasteiger partial charge >= 0.3 is 6.09 Å². The number of thiophene rings is 1. The highest BCUT2D eigenvalue weighted by atomic mass is 32.1. The molecule has 1 aromatic heterocycles. The highest BCUT2D eigenvalue weighted by molar-refractivity contribution is 7.09. The third-order valence-corrected chi connectivity index (χ3v) is 4.56. The number of amides is 1. The van der Waals surface area contributed by atoms with E-state index in [1.54, 1.807) is 11.3 Å². The van der Waals surface area contributed by atoms with E-state index in [4.69, 9.17) is 9.47 Å². The van der Waals surface area contributed by atoms with Gasteiger partial charge in [0, 0.05) is 24.0 Å². The summed E-state index contributed by atoms with van der Waals surface area (Å²) in [4.78, 5) is 15.5. The van der Waals surface area contributed by atoms with Crippen LogP contribution >= 0.6 is 11.3 Å². The minimum absolute atomic E-state index is 0.0597. The Bertz CT molecular complexity index is 485. The highest BCUT2D eigenvalue weighted by Gasteiger charge is 2.31. The Hall–Kier alpha value is -1.11. The molecule has 2 unspecified atom stereocenters. The number of nitrogens with zero attached hydrogens (tertiary/aromatic N) is 1. The Morgan fingerprint density at radius 3 is 3.00 bits per heavy atom. The lowest BCUT2D eigenvalue weighted by Crippen LogP contribution is -2.52. The predicted octanol–water partition coefficient (Wildman–Crippen LogP) is 3.25. The van der Waals surface area contributed by atoms with Crippen LogP contribution in [0.2, 0.25) is 0 Å². The first-order chi connectivity index (χ1) is 10.8. The molecule has 2 rings (SSSR count). The average molecular weight is 340 g/mol. The molecule has 0 aliphatic carbocycles. The van der Waals surface area contributed by atoms with Gasteiger partial charge in [0.05, 0.1) is 19.3 Å². The zero-order valence-electron chi connectivity index (χ0n) is 14.5. The summed E-state index contributed by atoms with van der Waals surface area (Å²) in [5, 5.41) is 5.60. The van der Waals surface area contributed by atoms with Crippen molar-refractivity contribution in [2.45, 2.75) is 58.3 Å². The van der Waals surface area contributed by atoms with Gasteiger partial charge in [0.25, 0.3) is 0 Å². The van der Waals surface area contributed by atoms with Crippen molar-refractivity contribution in [3.05, 3.63) is 22.4 Å². The summed E-state index contributed by atoms with van der Waals surface area (Å²) in [5.74, 6) is 0. The minimum Gasteiger partial charge on any atom is -0.444 e. The van der Waals surface area contributed by atoms with Gasteiger partial charge in [-0.2, -0.15) is 0 Å². The molecule has 1 aliphatic rings. The van der Waals surface area contributed by atoms with Crippen LogP contribution in [-0.4, -0.2) is 48.4 Å². The van der Waals surface area contributed by atoms with Crippen LogP contribution in [0.5, 0.6) is 0 Å². The van der Waals surface area contributed by atoms with Crippen LogP contribution < -0.4 is 5.32 Å². The molecule has 1 N–H and O–H groups in total. The fourth-order valence-corrected chi connectivity index (χ4v) is 3.25. The summed E-state index contributed by atoms with van der Waals surface area (Å²) < 4.78 is 11.1. The SMILES string of the molecule is CC(CC1COCCN1C(=O)OC(C)(C)C)NCc1cccs1. The molecular weight excluding hydrogens is 312 g/mol. The van der Waals surface area contributed by atoms with Gasteiger partial charge in [-0.1, -0.05) is 6.07 Å². The van der Waals surface area contributed by atoms with E-state index in [-0.39, 0.29) is 12.1 Å². The van der Waals surface area contributed by atoms with Crippen LogP contribution in [0.15, 0.2) is 17.5 Å². The van der Waals surface area contributed by atoms with Gasteiger partial charge in [0.15, 0.2) is 0 Å². The van der Waals surface area contributed by atoms with E-state index >= 15 is 0 Å². The predicted molar refractivity (Wildman–Crippen MR) is 92.8 cm³/mol. The quantitative estimate of drug-likeness (QED) is 0.894. The normalized spacial score (nSPS) is 20.3. The van der Waals surface area contributed by atoms with E-state index in [1.807, 2.05) is 25.7 Å². The second-order valence-corrected chi connectivity index (χ2v) is 8.03. The molecule has 1 aromatic rings. The first kappa shape index (κ1) is 18.2. The molecule has 0 radical (unpaired) electrons. The van der Waals surface area contributed by atoms with Gasteiger partial charge in [0.2, 0.25) is 0 Å². The first-order valence-electron chi connectivity index (χ1n) is 8.18. The summed E-state index contributed by atoms with van der Waals surface area (Å²) in [6.45, 7) is 10.4. The number of carbonyl (C=O) groups is 1. The maximum atomic E-state index is 12.4. The summed E-state index contributed by atoms with van der Waals surface area (Å²) in [6, 6.07) is 4.55. The van der Waals surface area contributed by atoms with Crippen molar-refractivity contribution in [3.63, 3.8) is 0 Å². The van der Waals surface area contributed by atoms with Crippen LogP contribution in [0.1, 0.15) is 39.0 Å². The molecule has 6 heteroatoms. The van der Waals surface area contributed by atoms with Crippen molar-refractivity contribution in [3.8, 4) is 0 Å². The molecule has 0 saturated carbocycles. The molecule has 2 atom stereocenters. The molecular formula is C17H28N2O3S. The number of morpholine rings is 1. The van der Waals surface area contributed by atoms with Gasteiger partial charge in [-0.25, -0.2) is 4.79 Å². The molecule has 2 heterocycles. The average Bonchev–Trinajstić information content (AvgIpc) is 2.97. The van der Waals surface area contributed by atoms with Crippen molar-refractivity contribution in [2.75, 3.05) is 19.8 Å². The monoisotopic (exact) mass is 340 g/mol. The largest absolute Gasteiger partial charge is 0.444 e. The molecule has 5 nitrogen and oxygen atoms in total. The third kappa shape index (κ3) is 6.12. The lowest BCUT2D eigenvalue weighted by Gasteiger charge is -2.37. The number of hydrogen-bond acceptors (Lipinski definition) is 5. The maximum absolute atomic E-state index is 12.4. The van der Waals surface area contributed by atoms with E-state index in [0.29, 0.717) is 25.8 Å². The van der Waals surface area contributed by atoms with E-state index < -0.39 is 5.60 Å². The van der Waals surface area contributed by atoms with Gasteiger partial charge in [-0.05, 0) is 45.6 Å². The number of carbonyl (C=O) groups excluding carboxylic acids is 1. The smallest absolute Gasteiger partial charge is 0.410 e. The molecule has 1 fully saturated rings. The molecule has 23 heavy (non-hydrogen) atoms. The highest BCUT2D eigenvalue weighted by Crippen LogP contribution is 2.18.